The zero-order chi connectivity index (χ0) is 23.9. The molecule has 0 spiro atoms. The lowest BCUT2D eigenvalue weighted by molar-refractivity contribution is 0.0735. The Morgan fingerprint density at radius 1 is 1.00 bits per heavy atom. The second-order valence-electron chi connectivity index (χ2n) is 9.48. The number of fused-ring (bicyclic) bond motifs is 3. The Balaban J connectivity index is 1.43. The van der Waals surface area contributed by atoms with Gasteiger partial charge < -0.3 is 5.11 Å². The molecule has 2 unspecified atom stereocenters. The Labute approximate surface area is 202 Å². The molecule has 0 amide bonds. The molecule has 2 atom stereocenters. The quantitative estimate of drug-likeness (QED) is 0.397. The molecule has 0 aliphatic heterocycles. The molecule has 1 fully saturated rings. The number of hydrogen-bond acceptors (Lipinski definition) is 5. The van der Waals surface area contributed by atoms with Crippen LogP contribution >= 0.6 is 0 Å². The predicted molar refractivity (Wildman–Crippen MR) is 136 cm³/mol. The van der Waals surface area contributed by atoms with Gasteiger partial charge in [-0.05, 0) is 47.9 Å². The molecule has 0 saturated heterocycles. The first kappa shape index (κ1) is 21.7. The molecule has 5 aromatic rings. The Hall–Kier alpha value is -3.84. The van der Waals surface area contributed by atoms with Gasteiger partial charge in [0.1, 0.15) is 0 Å². The van der Waals surface area contributed by atoms with Gasteiger partial charge in [-0.25, -0.2) is 4.98 Å². The standard InChI is InChI=1S/C28H27N5O2/c1-32-16-20(15-31-32)24-11-10-18(14-29-24)12-19-13-23-27(22-7-3-2-6-21(19)22)30-17-33(28(23)35)25-8-4-5-9-26(25)34/h2-3,6-7,10-11,13-17,25-26,34H,4-5,8-9,12H2,1H3. The number of benzene rings is 2. The van der Waals surface area contributed by atoms with E-state index in [1.54, 1.807) is 21.8 Å². The number of aliphatic hydroxyl groups is 1. The van der Waals surface area contributed by atoms with E-state index in [-0.39, 0.29) is 11.6 Å². The Kier molecular flexibility index (Phi) is 5.41. The number of aromatic nitrogens is 5. The van der Waals surface area contributed by atoms with Crippen LogP contribution in [0.2, 0.25) is 0 Å². The van der Waals surface area contributed by atoms with Gasteiger partial charge in [-0.1, -0.05) is 43.2 Å². The highest BCUT2D eigenvalue weighted by Crippen LogP contribution is 2.30. The van der Waals surface area contributed by atoms with Gasteiger partial charge in [0.05, 0.1) is 41.3 Å². The van der Waals surface area contributed by atoms with Gasteiger partial charge in [0, 0.05) is 30.4 Å². The van der Waals surface area contributed by atoms with Crippen LogP contribution in [0.1, 0.15) is 42.9 Å². The van der Waals surface area contributed by atoms with E-state index in [0.29, 0.717) is 17.3 Å². The van der Waals surface area contributed by atoms with Crippen molar-refractivity contribution in [2.24, 2.45) is 7.05 Å². The Morgan fingerprint density at radius 3 is 2.57 bits per heavy atom. The molecule has 176 valence electrons. The van der Waals surface area contributed by atoms with Crippen LogP contribution in [-0.4, -0.2) is 35.5 Å². The fraction of sp³-hybridized carbons (Fsp3) is 0.286. The van der Waals surface area contributed by atoms with E-state index < -0.39 is 6.10 Å². The molecular weight excluding hydrogens is 438 g/mol. The number of rotatable bonds is 4. The van der Waals surface area contributed by atoms with E-state index in [9.17, 15) is 9.90 Å². The monoisotopic (exact) mass is 465 g/mol. The van der Waals surface area contributed by atoms with Gasteiger partial charge in [-0.2, -0.15) is 5.10 Å². The summed E-state index contributed by atoms with van der Waals surface area (Å²) in [4.78, 5) is 23.0. The van der Waals surface area contributed by atoms with Crippen molar-refractivity contribution in [3.8, 4) is 11.3 Å². The summed E-state index contributed by atoms with van der Waals surface area (Å²) in [6.07, 6.45) is 10.9. The predicted octanol–water partition coefficient (Wildman–Crippen LogP) is 4.41. The number of aliphatic hydroxyl groups excluding tert-OH is 1. The SMILES string of the molecule is Cn1cc(-c2ccc(Cc3cc4c(=O)n(C5CCCCC5O)cnc4c4ccccc34)cn2)cn1. The van der Waals surface area contributed by atoms with E-state index in [2.05, 4.69) is 22.2 Å². The second kappa shape index (κ2) is 8.74. The van der Waals surface area contributed by atoms with Crippen LogP contribution in [0.15, 0.2) is 72.2 Å². The molecule has 1 aliphatic carbocycles. The van der Waals surface area contributed by atoms with E-state index >= 15 is 0 Å². The lowest BCUT2D eigenvalue weighted by Gasteiger charge is -2.29. The summed E-state index contributed by atoms with van der Waals surface area (Å²) in [6.45, 7) is 0. The molecule has 2 aromatic carbocycles. The van der Waals surface area contributed by atoms with Crippen LogP contribution in [0.3, 0.4) is 0 Å². The molecular formula is C28H27N5O2. The summed E-state index contributed by atoms with van der Waals surface area (Å²) >= 11 is 0. The summed E-state index contributed by atoms with van der Waals surface area (Å²) in [5, 5.41) is 17.4. The normalized spacial score (nSPS) is 18.3. The third kappa shape index (κ3) is 3.91. The highest BCUT2D eigenvalue weighted by atomic mass is 16.3. The minimum atomic E-state index is -0.509. The molecule has 7 heteroatoms. The van der Waals surface area contributed by atoms with Crippen LogP contribution < -0.4 is 5.56 Å². The van der Waals surface area contributed by atoms with Crippen LogP contribution in [0, 0.1) is 0 Å². The number of pyridine rings is 1. The molecule has 35 heavy (non-hydrogen) atoms. The maximum atomic E-state index is 13.6. The minimum absolute atomic E-state index is 0.0852. The first-order chi connectivity index (χ1) is 17.1. The maximum Gasteiger partial charge on any atom is 0.261 e. The lowest BCUT2D eigenvalue weighted by atomic mass is 9.92. The zero-order valence-electron chi connectivity index (χ0n) is 19.6. The number of hydrogen-bond donors (Lipinski definition) is 1. The number of aryl methyl sites for hydroxylation is 1. The van der Waals surface area contributed by atoms with Crippen molar-refractivity contribution in [3.63, 3.8) is 0 Å². The zero-order valence-corrected chi connectivity index (χ0v) is 19.6. The molecule has 0 radical (unpaired) electrons. The average molecular weight is 466 g/mol. The van der Waals surface area contributed by atoms with Crippen molar-refractivity contribution in [1.82, 2.24) is 24.3 Å². The molecule has 1 saturated carbocycles. The van der Waals surface area contributed by atoms with Crippen LogP contribution in [0.25, 0.3) is 32.9 Å². The van der Waals surface area contributed by atoms with E-state index in [4.69, 9.17) is 4.98 Å². The smallest absolute Gasteiger partial charge is 0.261 e. The summed E-state index contributed by atoms with van der Waals surface area (Å²) in [7, 11) is 1.89. The minimum Gasteiger partial charge on any atom is -0.391 e. The molecule has 3 heterocycles. The van der Waals surface area contributed by atoms with Crippen LogP contribution in [-0.2, 0) is 13.5 Å². The Bertz CT molecular complexity index is 1590. The fourth-order valence-electron chi connectivity index (χ4n) is 5.32. The molecule has 3 aromatic heterocycles. The van der Waals surface area contributed by atoms with Crippen LogP contribution in [0.5, 0.6) is 0 Å². The highest BCUT2D eigenvalue weighted by molar-refractivity contribution is 6.06. The molecule has 0 bridgehead atoms. The summed E-state index contributed by atoms with van der Waals surface area (Å²) in [5.74, 6) is 0. The van der Waals surface area contributed by atoms with Crippen molar-refractivity contribution in [3.05, 3.63) is 88.9 Å². The topological polar surface area (TPSA) is 85.8 Å². The Morgan fingerprint density at radius 2 is 1.83 bits per heavy atom. The molecule has 6 rings (SSSR count). The third-order valence-electron chi connectivity index (χ3n) is 7.15. The fourth-order valence-corrected chi connectivity index (χ4v) is 5.32. The number of nitrogens with zero attached hydrogens (tertiary/aromatic N) is 5. The molecule has 1 aliphatic rings. The van der Waals surface area contributed by atoms with Gasteiger partial charge in [-0.15, -0.1) is 0 Å². The highest BCUT2D eigenvalue weighted by Gasteiger charge is 2.26. The van der Waals surface area contributed by atoms with Gasteiger partial charge >= 0.3 is 0 Å². The van der Waals surface area contributed by atoms with Crippen molar-refractivity contribution >= 4 is 21.7 Å². The van der Waals surface area contributed by atoms with Crippen LogP contribution in [0.4, 0.5) is 0 Å². The van der Waals surface area contributed by atoms with Gasteiger partial charge in [0.15, 0.2) is 0 Å². The molecule has 1 N–H and O–H groups in total. The van der Waals surface area contributed by atoms with E-state index in [1.807, 2.05) is 49.8 Å². The lowest BCUT2D eigenvalue weighted by Crippen LogP contribution is -2.34. The van der Waals surface area contributed by atoms with Crippen molar-refractivity contribution in [1.29, 1.82) is 0 Å². The maximum absolute atomic E-state index is 13.6. The third-order valence-corrected chi connectivity index (χ3v) is 7.15. The van der Waals surface area contributed by atoms with Crippen molar-refractivity contribution in [2.45, 2.75) is 44.2 Å². The van der Waals surface area contributed by atoms with Crippen molar-refractivity contribution < 1.29 is 5.11 Å². The van der Waals surface area contributed by atoms with Gasteiger partial charge in [0.25, 0.3) is 5.56 Å². The van der Waals surface area contributed by atoms with E-state index in [1.165, 1.54) is 0 Å². The van der Waals surface area contributed by atoms with E-state index in [0.717, 1.165) is 58.8 Å². The average Bonchev–Trinajstić information content (AvgIpc) is 3.32. The largest absolute Gasteiger partial charge is 0.391 e. The first-order valence-corrected chi connectivity index (χ1v) is 12.1. The van der Waals surface area contributed by atoms with Crippen molar-refractivity contribution in [2.75, 3.05) is 0 Å². The first-order valence-electron chi connectivity index (χ1n) is 12.1. The van der Waals surface area contributed by atoms with Gasteiger partial charge in [0.2, 0.25) is 0 Å². The summed E-state index contributed by atoms with van der Waals surface area (Å²) in [5.41, 5.74) is 4.60. The second-order valence-corrected chi connectivity index (χ2v) is 9.48. The summed E-state index contributed by atoms with van der Waals surface area (Å²) < 4.78 is 3.41. The van der Waals surface area contributed by atoms with Gasteiger partial charge in [-0.3, -0.25) is 19.0 Å². The summed E-state index contributed by atoms with van der Waals surface area (Å²) in [6, 6.07) is 14.0. The molecule has 7 nitrogen and oxygen atoms in total.